The maximum atomic E-state index is 12.6. The first-order valence-corrected chi connectivity index (χ1v) is 11.7. The molecule has 4 aliphatic rings. The van der Waals surface area contributed by atoms with Gasteiger partial charge in [-0.1, -0.05) is 55.8 Å². The lowest BCUT2D eigenvalue weighted by Gasteiger charge is -2.60. The summed E-state index contributed by atoms with van der Waals surface area (Å²) >= 11 is 6.51. The quantitative estimate of drug-likeness (QED) is 0.660. The molecule has 3 saturated carbocycles. The molecule has 0 unspecified atom stereocenters. The van der Waals surface area contributed by atoms with E-state index in [-0.39, 0.29) is 28.9 Å². The molecule has 5 rings (SSSR count). The number of carbonyl (C=O) groups is 1. The Morgan fingerprint density at radius 2 is 1.93 bits per heavy atom. The van der Waals surface area contributed by atoms with E-state index in [1.165, 1.54) is 5.57 Å². The van der Waals surface area contributed by atoms with E-state index in [1.54, 1.807) is 6.08 Å². The number of aliphatic hydroxyl groups is 1. The van der Waals surface area contributed by atoms with Gasteiger partial charge in [-0.05, 0) is 78.6 Å². The Morgan fingerprint density at radius 1 is 1.17 bits per heavy atom. The predicted molar refractivity (Wildman–Crippen MR) is 121 cm³/mol. The van der Waals surface area contributed by atoms with Gasteiger partial charge >= 0.3 is 0 Å². The van der Waals surface area contributed by atoms with Gasteiger partial charge in [0, 0.05) is 17.5 Å². The maximum Gasteiger partial charge on any atom is 0.246 e. The molecule has 1 aliphatic heterocycles. The van der Waals surface area contributed by atoms with E-state index < -0.39 is 0 Å². The van der Waals surface area contributed by atoms with E-state index in [0.29, 0.717) is 17.8 Å². The molecule has 4 heteroatoms. The fourth-order valence-electron chi connectivity index (χ4n) is 7.61. The van der Waals surface area contributed by atoms with Crippen molar-refractivity contribution in [3.8, 4) is 0 Å². The molecule has 160 valence electrons. The Kier molecular flexibility index (Phi) is 4.72. The van der Waals surface area contributed by atoms with Crippen molar-refractivity contribution in [2.75, 3.05) is 7.05 Å². The summed E-state index contributed by atoms with van der Waals surface area (Å²) in [6.07, 6.45) is 11.2. The molecule has 0 spiro atoms. The normalized spacial score (nSPS) is 44.0. The number of hydrogen-bond donors (Lipinski definition) is 1. The first-order valence-electron chi connectivity index (χ1n) is 11.3. The maximum absolute atomic E-state index is 12.6. The van der Waals surface area contributed by atoms with Crippen LogP contribution in [0.25, 0.3) is 6.08 Å². The molecule has 0 saturated heterocycles. The number of fused-ring (bicyclic) bond motifs is 5. The summed E-state index contributed by atoms with van der Waals surface area (Å²) in [5.74, 6) is 1.68. The standard InChI is InChI=1S/C26H32ClNO2/c1-25-12-10-20-18(19(25)8-9-22(25)29)15-17(14-16-6-4-5-7-21(16)27)24-26(20,2)13-11-23(30)28(24)3/h4-7,11,13-14,18-20,22,24,29H,8-10,12,15H2,1-3H3/b17-14+/t18-,19-,20-,22-,24+,25-,26+/m0/s1. The highest BCUT2D eigenvalue weighted by atomic mass is 35.5. The van der Waals surface area contributed by atoms with E-state index in [2.05, 4.69) is 32.1 Å². The summed E-state index contributed by atoms with van der Waals surface area (Å²) < 4.78 is 0. The molecule has 3 aliphatic carbocycles. The Bertz CT molecular complexity index is 939. The largest absolute Gasteiger partial charge is 0.393 e. The van der Waals surface area contributed by atoms with E-state index in [0.717, 1.165) is 42.7 Å². The number of carbonyl (C=O) groups excluding carboxylic acids is 1. The third-order valence-corrected chi connectivity index (χ3v) is 9.51. The number of hydrogen-bond acceptors (Lipinski definition) is 2. The van der Waals surface area contributed by atoms with Crippen LogP contribution in [0.2, 0.25) is 5.02 Å². The summed E-state index contributed by atoms with van der Waals surface area (Å²) in [5.41, 5.74) is 2.26. The van der Waals surface area contributed by atoms with Gasteiger partial charge in [0.05, 0.1) is 12.1 Å². The van der Waals surface area contributed by atoms with Crippen LogP contribution in [0.4, 0.5) is 0 Å². The zero-order valence-corrected chi connectivity index (χ0v) is 18.9. The average Bonchev–Trinajstić information content (AvgIpc) is 3.02. The number of likely N-dealkylation sites (N-methyl/N-ethyl adjacent to an activating group) is 1. The highest BCUT2D eigenvalue weighted by Crippen LogP contribution is 2.64. The summed E-state index contributed by atoms with van der Waals surface area (Å²) in [6.45, 7) is 4.66. The van der Waals surface area contributed by atoms with Crippen LogP contribution < -0.4 is 0 Å². The molecule has 1 aromatic carbocycles. The predicted octanol–water partition coefficient (Wildman–Crippen LogP) is 5.33. The minimum atomic E-state index is -0.184. The fraction of sp³-hybridized carbons (Fsp3) is 0.577. The van der Waals surface area contributed by atoms with Gasteiger partial charge in [0.1, 0.15) is 0 Å². The number of aliphatic hydroxyl groups excluding tert-OH is 1. The van der Waals surface area contributed by atoms with Crippen LogP contribution in [0.1, 0.15) is 51.5 Å². The van der Waals surface area contributed by atoms with Gasteiger partial charge in [0.15, 0.2) is 0 Å². The Morgan fingerprint density at radius 3 is 2.70 bits per heavy atom. The second kappa shape index (κ2) is 6.97. The van der Waals surface area contributed by atoms with E-state index in [9.17, 15) is 9.90 Å². The minimum Gasteiger partial charge on any atom is -0.393 e. The second-order valence-electron chi connectivity index (χ2n) is 10.5. The molecule has 3 nitrogen and oxygen atoms in total. The SMILES string of the molecule is CN1C(=O)C=C[C@]2(C)[C@H]3CC[C@]4(C)[C@@H](O)CC[C@H]4[C@@H]3C/C(=C\c3ccccc3Cl)[C@@H]12. The van der Waals surface area contributed by atoms with Crippen molar-refractivity contribution in [2.45, 2.75) is 58.1 Å². The van der Waals surface area contributed by atoms with Crippen LogP contribution in [0, 0.1) is 28.6 Å². The van der Waals surface area contributed by atoms with Crippen molar-refractivity contribution in [3.63, 3.8) is 0 Å². The zero-order chi connectivity index (χ0) is 21.3. The molecule has 1 aromatic rings. The summed E-state index contributed by atoms with van der Waals surface area (Å²) in [7, 11) is 1.95. The van der Waals surface area contributed by atoms with Crippen LogP contribution in [0.15, 0.2) is 42.0 Å². The van der Waals surface area contributed by atoms with Gasteiger partial charge in [-0.15, -0.1) is 0 Å². The second-order valence-corrected chi connectivity index (χ2v) is 10.9. The lowest BCUT2D eigenvalue weighted by Crippen LogP contribution is -2.60. The van der Waals surface area contributed by atoms with Crippen molar-refractivity contribution >= 4 is 23.6 Å². The van der Waals surface area contributed by atoms with Crippen LogP contribution in [-0.2, 0) is 4.79 Å². The fourth-order valence-corrected chi connectivity index (χ4v) is 7.80. The third kappa shape index (κ3) is 2.78. The van der Waals surface area contributed by atoms with E-state index in [4.69, 9.17) is 11.6 Å². The number of nitrogens with zero attached hydrogens (tertiary/aromatic N) is 1. The highest BCUT2D eigenvalue weighted by Gasteiger charge is 2.61. The van der Waals surface area contributed by atoms with Crippen LogP contribution >= 0.6 is 11.6 Å². The van der Waals surface area contributed by atoms with Crippen molar-refractivity contribution in [3.05, 3.63) is 52.6 Å². The average molecular weight is 426 g/mol. The van der Waals surface area contributed by atoms with Crippen molar-refractivity contribution < 1.29 is 9.90 Å². The highest BCUT2D eigenvalue weighted by molar-refractivity contribution is 6.32. The molecule has 7 atom stereocenters. The first-order chi connectivity index (χ1) is 14.3. The Hall–Kier alpha value is -1.58. The van der Waals surface area contributed by atoms with Gasteiger partial charge in [-0.2, -0.15) is 0 Å². The first kappa shape index (κ1) is 20.3. The number of benzene rings is 1. The lowest BCUT2D eigenvalue weighted by molar-refractivity contribution is -0.135. The minimum absolute atomic E-state index is 0.0277. The summed E-state index contributed by atoms with van der Waals surface area (Å²) in [4.78, 5) is 14.6. The van der Waals surface area contributed by atoms with Crippen LogP contribution in [0.5, 0.6) is 0 Å². The van der Waals surface area contributed by atoms with Crippen LogP contribution in [-0.4, -0.2) is 35.1 Å². The molecular formula is C26H32ClNO2. The molecule has 30 heavy (non-hydrogen) atoms. The topological polar surface area (TPSA) is 40.5 Å². The number of rotatable bonds is 1. The zero-order valence-electron chi connectivity index (χ0n) is 18.1. The molecule has 1 N–H and O–H groups in total. The lowest BCUT2D eigenvalue weighted by atomic mass is 9.47. The van der Waals surface area contributed by atoms with E-state index >= 15 is 0 Å². The third-order valence-electron chi connectivity index (χ3n) is 9.16. The van der Waals surface area contributed by atoms with Gasteiger partial charge in [-0.25, -0.2) is 0 Å². The molecule has 1 heterocycles. The van der Waals surface area contributed by atoms with Crippen LogP contribution in [0.3, 0.4) is 0 Å². The van der Waals surface area contributed by atoms with Crippen molar-refractivity contribution in [1.82, 2.24) is 4.90 Å². The number of halogens is 1. The van der Waals surface area contributed by atoms with Gasteiger partial charge < -0.3 is 10.0 Å². The molecule has 0 radical (unpaired) electrons. The molecule has 0 bridgehead atoms. The molecular weight excluding hydrogens is 394 g/mol. The monoisotopic (exact) mass is 425 g/mol. The Balaban J connectivity index is 1.64. The van der Waals surface area contributed by atoms with Gasteiger partial charge in [-0.3, -0.25) is 4.79 Å². The molecule has 3 fully saturated rings. The summed E-state index contributed by atoms with van der Waals surface area (Å²) in [5, 5.41) is 11.5. The molecule has 0 aromatic heterocycles. The summed E-state index contributed by atoms with van der Waals surface area (Å²) in [6, 6.07) is 8.02. The van der Waals surface area contributed by atoms with E-state index in [1.807, 2.05) is 30.1 Å². The van der Waals surface area contributed by atoms with Gasteiger partial charge in [0.2, 0.25) is 5.91 Å². The Labute approximate surface area is 184 Å². The smallest absolute Gasteiger partial charge is 0.246 e. The van der Waals surface area contributed by atoms with Gasteiger partial charge in [0.25, 0.3) is 0 Å². The van der Waals surface area contributed by atoms with Crippen molar-refractivity contribution in [2.24, 2.45) is 28.6 Å². The van der Waals surface area contributed by atoms with Crippen molar-refractivity contribution in [1.29, 1.82) is 0 Å². The number of amides is 1. The molecule has 1 amide bonds.